The molecule has 19 heavy (non-hydrogen) atoms. The average Bonchev–Trinajstić information content (AvgIpc) is 3.06. The summed E-state index contributed by atoms with van der Waals surface area (Å²) in [4.78, 5) is 14.2. The number of carbonyl (C=O) groups is 1. The normalized spacial score (nSPS) is 19.2. The van der Waals surface area contributed by atoms with Crippen LogP contribution < -0.4 is 0 Å². The van der Waals surface area contributed by atoms with Gasteiger partial charge in [0.05, 0.1) is 6.10 Å². The number of fused-ring (bicyclic) bond motifs is 1. The molecule has 1 aromatic heterocycles. The molecular weight excluding hydrogens is 240 g/mol. The number of methoxy groups -OCH3 is 1. The second-order valence-corrected chi connectivity index (χ2v) is 4.99. The van der Waals surface area contributed by atoms with Gasteiger partial charge in [-0.05, 0) is 23.9 Å². The van der Waals surface area contributed by atoms with Crippen LogP contribution in [0.5, 0.6) is 0 Å². The molecule has 0 bridgehead atoms. The first kappa shape index (κ1) is 12.2. The van der Waals surface area contributed by atoms with Crippen LogP contribution >= 0.6 is 0 Å². The number of amides is 1. The molecule has 0 radical (unpaired) electrons. The number of aromatic nitrogens is 1. The average molecular weight is 258 g/mol. The smallest absolute Gasteiger partial charge is 0.242 e. The molecule has 2 aromatic rings. The van der Waals surface area contributed by atoms with Gasteiger partial charge in [0, 0.05) is 31.9 Å². The van der Waals surface area contributed by atoms with E-state index in [-0.39, 0.29) is 12.0 Å². The van der Waals surface area contributed by atoms with E-state index in [9.17, 15) is 4.79 Å². The number of rotatable bonds is 3. The second kappa shape index (κ2) is 5.05. The summed E-state index contributed by atoms with van der Waals surface area (Å²) in [6.07, 6.45) is 3.12. The van der Waals surface area contributed by atoms with Gasteiger partial charge in [-0.2, -0.15) is 0 Å². The van der Waals surface area contributed by atoms with Gasteiger partial charge in [0.25, 0.3) is 0 Å². The molecule has 0 N–H and O–H groups in total. The third-order valence-corrected chi connectivity index (χ3v) is 3.82. The van der Waals surface area contributed by atoms with Gasteiger partial charge in [0.1, 0.15) is 6.54 Å². The Morgan fingerprint density at radius 2 is 2.21 bits per heavy atom. The fourth-order valence-electron chi connectivity index (χ4n) is 2.67. The second-order valence-electron chi connectivity index (χ2n) is 4.99. The molecule has 2 heterocycles. The first-order valence-corrected chi connectivity index (χ1v) is 6.62. The molecule has 1 amide bonds. The standard InChI is InChI=1S/C15H18N2O2/c1-19-13-7-9-17(10-13)15(18)11-16-8-6-12-4-2-3-5-14(12)16/h2-6,8,13H,7,9-11H2,1H3/t13-/m1/s1. The van der Waals surface area contributed by atoms with Gasteiger partial charge >= 0.3 is 0 Å². The molecule has 0 spiro atoms. The largest absolute Gasteiger partial charge is 0.380 e. The van der Waals surface area contributed by atoms with E-state index in [2.05, 4.69) is 6.07 Å². The number of carbonyl (C=O) groups excluding carboxylic acids is 1. The molecule has 0 saturated carbocycles. The summed E-state index contributed by atoms with van der Waals surface area (Å²) in [6.45, 7) is 1.93. The van der Waals surface area contributed by atoms with Crippen molar-refractivity contribution < 1.29 is 9.53 Å². The van der Waals surface area contributed by atoms with E-state index >= 15 is 0 Å². The fourth-order valence-corrected chi connectivity index (χ4v) is 2.67. The molecule has 4 heteroatoms. The Kier molecular flexibility index (Phi) is 3.25. The molecule has 0 unspecified atom stereocenters. The highest BCUT2D eigenvalue weighted by atomic mass is 16.5. The van der Waals surface area contributed by atoms with Crippen molar-refractivity contribution in [1.29, 1.82) is 0 Å². The van der Waals surface area contributed by atoms with Crippen molar-refractivity contribution in [3.05, 3.63) is 36.5 Å². The highest BCUT2D eigenvalue weighted by molar-refractivity contribution is 5.83. The number of ether oxygens (including phenoxy) is 1. The number of hydrogen-bond acceptors (Lipinski definition) is 2. The zero-order valence-electron chi connectivity index (χ0n) is 11.1. The summed E-state index contributed by atoms with van der Waals surface area (Å²) in [5.74, 6) is 0.168. The summed E-state index contributed by atoms with van der Waals surface area (Å²) in [7, 11) is 1.71. The van der Waals surface area contributed by atoms with Gasteiger partial charge in [-0.3, -0.25) is 4.79 Å². The molecule has 1 aliphatic rings. The van der Waals surface area contributed by atoms with Gasteiger partial charge < -0.3 is 14.2 Å². The maximum atomic E-state index is 12.3. The Bertz CT molecular complexity index is 591. The van der Waals surface area contributed by atoms with Crippen LogP contribution in [-0.2, 0) is 16.1 Å². The zero-order valence-corrected chi connectivity index (χ0v) is 11.1. The van der Waals surface area contributed by atoms with E-state index in [0.29, 0.717) is 13.1 Å². The first-order valence-electron chi connectivity index (χ1n) is 6.62. The van der Waals surface area contributed by atoms with Crippen LogP contribution in [0.15, 0.2) is 36.5 Å². The van der Waals surface area contributed by atoms with Crippen LogP contribution in [0, 0.1) is 0 Å². The topological polar surface area (TPSA) is 34.5 Å². The van der Waals surface area contributed by atoms with E-state index in [1.165, 1.54) is 5.39 Å². The van der Waals surface area contributed by atoms with Gasteiger partial charge in [-0.1, -0.05) is 18.2 Å². The lowest BCUT2D eigenvalue weighted by molar-refractivity contribution is -0.131. The monoisotopic (exact) mass is 258 g/mol. The number of benzene rings is 1. The highest BCUT2D eigenvalue weighted by Crippen LogP contribution is 2.17. The molecular formula is C15H18N2O2. The van der Waals surface area contributed by atoms with Gasteiger partial charge in [-0.25, -0.2) is 0 Å². The van der Waals surface area contributed by atoms with Gasteiger partial charge in [0.15, 0.2) is 0 Å². The SMILES string of the molecule is CO[C@@H]1CCN(C(=O)Cn2ccc3ccccc32)C1. The molecule has 1 atom stereocenters. The van der Waals surface area contributed by atoms with Gasteiger partial charge in [0.2, 0.25) is 5.91 Å². The number of hydrogen-bond donors (Lipinski definition) is 0. The van der Waals surface area contributed by atoms with Crippen LogP contribution in [0.3, 0.4) is 0 Å². The molecule has 3 rings (SSSR count). The van der Waals surface area contributed by atoms with Crippen molar-refractivity contribution in [2.45, 2.75) is 19.1 Å². The third-order valence-electron chi connectivity index (χ3n) is 3.82. The predicted octanol–water partition coefficient (Wildman–Crippen LogP) is 1.89. The minimum absolute atomic E-state index is 0.168. The van der Waals surface area contributed by atoms with E-state index in [0.717, 1.165) is 18.5 Å². The van der Waals surface area contributed by atoms with E-state index in [1.54, 1.807) is 7.11 Å². The summed E-state index contributed by atoms with van der Waals surface area (Å²) >= 11 is 0. The molecule has 1 fully saturated rings. The lowest BCUT2D eigenvalue weighted by Gasteiger charge is -2.17. The van der Waals surface area contributed by atoms with Crippen molar-refractivity contribution >= 4 is 16.8 Å². The van der Waals surface area contributed by atoms with Crippen molar-refractivity contribution in [2.75, 3.05) is 20.2 Å². The Morgan fingerprint density at radius 1 is 1.37 bits per heavy atom. The summed E-state index contributed by atoms with van der Waals surface area (Å²) in [5.41, 5.74) is 1.11. The van der Waals surface area contributed by atoms with Crippen LogP contribution in [0.1, 0.15) is 6.42 Å². The number of para-hydroxylation sites is 1. The van der Waals surface area contributed by atoms with Gasteiger partial charge in [-0.15, -0.1) is 0 Å². The Balaban J connectivity index is 1.73. The fraction of sp³-hybridized carbons (Fsp3) is 0.400. The van der Waals surface area contributed by atoms with Crippen LogP contribution in [-0.4, -0.2) is 41.7 Å². The molecule has 1 aromatic carbocycles. The zero-order chi connectivity index (χ0) is 13.2. The maximum absolute atomic E-state index is 12.3. The third kappa shape index (κ3) is 2.36. The predicted molar refractivity (Wildman–Crippen MR) is 73.9 cm³/mol. The number of nitrogens with zero attached hydrogens (tertiary/aromatic N) is 2. The van der Waals surface area contributed by atoms with E-state index < -0.39 is 0 Å². The van der Waals surface area contributed by atoms with E-state index in [1.807, 2.05) is 39.9 Å². The number of likely N-dealkylation sites (tertiary alicyclic amines) is 1. The summed E-state index contributed by atoms with van der Waals surface area (Å²) in [6, 6.07) is 10.2. The maximum Gasteiger partial charge on any atom is 0.242 e. The van der Waals surface area contributed by atoms with Crippen LogP contribution in [0.2, 0.25) is 0 Å². The van der Waals surface area contributed by atoms with Crippen LogP contribution in [0.4, 0.5) is 0 Å². The van der Waals surface area contributed by atoms with Crippen LogP contribution in [0.25, 0.3) is 10.9 Å². The van der Waals surface area contributed by atoms with Crippen molar-refractivity contribution in [3.63, 3.8) is 0 Å². The van der Waals surface area contributed by atoms with Crippen molar-refractivity contribution in [3.8, 4) is 0 Å². The summed E-state index contributed by atoms with van der Waals surface area (Å²) < 4.78 is 7.31. The molecule has 100 valence electrons. The van der Waals surface area contributed by atoms with E-state index in [4.69, 9.17) is 4.74 Å². The quantitative estimate of drug-likeness (QED) is 0.842. The Morgan fingerprint density at radius 3 is 3.00 bits per heavy atom. The highest BCUT2D eigenvalue weighted by Gasteiger charge is 2.25. The lowest BCUT2D eigenvalue weighted by atomic mass is 10.2. The lowest BCUT2D eigenvalue weighted by Crippen LogP contribution is -2.32. The minimum Gasteiger partial charge on any atom is -0.380 e. The van der Waals surface area contributed by atoms with Crippen molar-refractivity contribution in [1.82, 2.24) is 9.47 Å². The first-order chi connectivity index (χ1) is 9.28. The molecule has 1 saturated heterocycles. The molecule has 4 nitrogen and oxygen atoms in total. The molecule has 0 aliphatic carbocycles. The minimum atomic E-state index is 0.168. The Hall–Kier alpha value is -1.81. The summed E-state index contributed by atoms with van der Waals surface area (Å²) in [5, 5.41) is 1.17. The van der Waals surface area contributed by atoms with Crippen molar-refractivity contribution in [2.24, 2.45) is 0 Å². The Labute approximate surface area is 112 Å². The molecule has 1 aliphatic heterocycles.